The molecule has 76 valence electrons. The van der Waals surface area contributed by atoms with Crippen LogP contribution < -0.4 is 0 Å². The van der Waals surface area contributed by atoms with E-state index in [0.717, 1.165) is 27.4 Å². The van der Waals surface area contributed by atoms with Crippen molar-refractivity contribution in [1.82, 2.24) is 9.97 Å². The summed E-state index contributed by atoms with van der Waals surface area (Å²) in [5.41, 5.74) is 3.17. The standard InChI is InChI=1S/C13H9N3/c14-5-3-9-1-2-12-11(7-9)10-4-6-15-8-13(10)16-12/h1-2,4,6-8,16H,3H2. The van der Waals surface area contributed by atoms with Crippen molar-refractivity contribution in [2.24, 2.45) is 0 Å². The lowest BCUT2D eigenvalue weighted by molar-refractivity contribution is 1.27. The Bertz CT molecular complexity index is 704. The van der Waals surface area contributed by atoms with Gasteiger partial charge in [-0.05, 0) is 23.8 Å². The Balaban J connectivity index is 2.36. The Morgan fingerprint density at radius 2 is 2.12 bits per heavy atom. The zero-order valence-electron chi connectivity index (χ0n) is 8.57. The molecule has 3 nitrogen and oxygen atoms in total. The van der Waals surface area contributed by atoms with E-state index in [4.69, 9.17) is 5.26 Å². The number of H-pyrrole nitrogens is 1. The first-order valence-corrected chi connectivity index (χ1v) is 5.10. The van der Waals surface area contributed by atoms with E-state index in [0.29, 0.717) is 6.42 Å². The summed E-state index contributed by atoms with van der Waals surface area (Å²) < 4.78 is 0. The highest BCUT2D eigenvalue weighted by molar-refractivity contribution is 6.07. The van der Waals surface area contributed by atoms with Crippen LogP contribution in [0, 0.1) is 11.3 Å². The van der Waals surface area contributed by atoms with Crippen molar-refractivity contribution in [3.8, 4) is 6.07 Å². The molecule has 16 heavy (non-hydrogen) atoms. The topological polar surface area (TPSA) is 52.5 Å². The molecule has 1 aromatic carbocycles. The Hall–Kier alpha value is -2.34. The van der Waals surface area contributed by atoms with Crippen molar-refractivity contribution in [1.29, 1.82) is 5.26 Å². The van der Waals surface area contributed by atoms with Crippen LogP contribution in [0.3, 0.4) is 0 Å². The second-order valence-corrected chi connectivity index (χ2v) is 3.76. The number of pyridine rings is 1. The monoisotopic (exact) mass is 207 g/mol. The normalized spacial score (nSPS) is 10.7. The van der Waals surface area contributed by atoms with Gasteiger partial charge >= 0.3 is 0 Å². The lowest BCUT2D eigenvalue weighted by atomic mass is 10.1. The highest BCUT2D eigenvalue weighted by Crippen LogP contribution is 2.25. The van der Waals surface area contributed by atoms with Gasteiger partial charge < -0.3 is 4.98 Å². The average Bonchev–Trinajstić information content (AvgIpc) is 2.68. The summed E-state index contributed by atoms with van der Waals surface area (Å²) >= 11 is 0. The van der Waals surface area contributed by atoms with Crippen molar-refractivity contribution >= 4 is 21.8 Å². The molecule has 2 aromatic heterocycles. The van der Waals surface area contributed by atoms with Gasteiger partial charge in [-0.25, -0.2) is 0 Å². The molecule has 3 rings (SSSR count). The van der Waals surface area contributed by atoms with Crippen LogP contribution >= 0.6 is 0 Å². The first-order valence-electron chi connectivity index (χ1n) is 5.10. The molecule has 0 fully saturated rings. The number of nitrogens with one attached hydrogen (secondary N) is 1. The van der Waals surface area contributed by atoms with E-state index in [9.17, 15) is 0 Å². The first kappa shape index (κ1) is 8.93. The molecule has 0 radical (unpaired) electrons. The van der Waals surface area contributed by atoms with Gasteiger partial charge in [0.15, 0.2) is 0 Å². The van der Waals surface area contributed by atoms with Gasteiger partial charge in [-0.15, -0.1) is 0 Å². The van der Waals surface area contributed by atoms with E-state index < -0.39 is 0 Å². The van der Waals surface area contributed by atoms with Gasteiger partial charge in [0.1, 0.15) is 0 Å². The number of nitrogens with zero attached hydrogens (tertiary/aromatic N) is 2. The predicted octanol–water partition coefficient (Wildman–Crippen LogP) is 2.78. The Morgan fingerprint density at radius 1 is 1.19 bits per heavy atom. The lowest BCUT2D eigenvalue weighted by Crippen LogP contribution is -1.79. The minimum atomic E-state index is 0.452. The Morgan fingerprint density at radius 3 is 3.00 bits per heavy atom. The molecule has 0 spiro atoms. The SMILES string of the molecule is N#CCc1ccc2[nH]c3cnccc3c2c1. The Kier molecular flexibility index (Phi) is 1.87. The molecule has 2 heterocycles. The van der Waals surface area contributed by atoms with Crippen LogP contribution in [0.2, 0.25) is 0 Å². The van der Waals surface area contributed by atoms with Crippen molar-refractivity contribution in [2.75, 3.05) is 0 Å². The Labute approximate surface area is 92.3 Å². The summed E-state index contributed by atoms with van der Waals surface area (Å²) in [6.07, 6.45) is 4.06. The molecule has 0 aliphatic carbocycles. The number of fused-ring (bicyclic) bond motifs is 3. The minimum absolute atomic E-state index is 0.452. The third-order valence-corrected chi connectivity index (χ3v) is 2.75. The van der Waals surface area contributed by atoms with Crippen LogP contribution in [-0.4, -0.2) is 9.97 Å². The number of aromatic amines is 1. The fourth-order valence-electron chi connectivity index (χ4n) is 2.00. The molecule has 3 aromatic rings. The molecule has 0 unspecified atom stereocenters. The molecule has 1 N–H and O–H groups in total. The fourth-order valence-corrected chi connectivity index (χ4v) is 2.00. The molecule has 0 bridgehead atoms. The number of benzene rings is 1. The molecule has 3 heteroatoms. The van der Waals surface area contributed by atoms with Crippen LogP contribution in [0.25, 0.3) is 21.8 Å². The van der Waals surface area contributed by atoms with Crippen molar-refractivity contribution in [3.05, 3.63) is 42.2 Å². The number of rotatable bonds is 1. The summed E-state index contributed by atoms with van der Waals surface area (Å²) in [4.78, 5) is 7.39. The third kappa shape index (κ3) is 1.24. The van der Waals surface area contributed by atoms with Gasteiger partial charge in [-0.3, -0.25) is 4.98 Å². The van der Waals surface area contributed by atoms with E-state index in [1.165, 1.54) is 0 Å². The van der Waals surface area contributed by atoms with Crippen molar-refractivity contribution < 1.29 is 0 Å². The van der Waals surface area contributed by atoms with Crippen LogP contribution in [-0.2, 0) is 6.42 Å². The summed E-state index contributed by atoms with van der Waals surface area (Å²) in [5, 5.41) is 11.0. The third-order valence-electron chi connectivity index (χ3n) is 2.75. The molecule has 0 saturated heterocycles. The van der Waals surface area contributed by atoms with Gasteiger partial charge in [-0.2, -0.15) is 5.26 Å². The van der Waals surface area contributed by atoms with Crippen LogP contribution in [0.4, 0.5) is 0 Å². The second-order valence-electron chi connectivity index (χ2n) is 3.76. The molecular formula is C13H9N3. The predicted molar refractivity (Wildman–Crippen MR) is 62.9 cm³/mol. The zero-order chi connectivity index (χ0) is 11.0. The maximum absolute atomic E-state index is 8.69. The summed E-state index contributed by atoms with van der Waals surface area (Å²) in [6.45, 7) is 0. The highest BCUT2D eigenvalue weighted by Gasteiger charge is 2.04. The van der Waals surface area contributed by atoms with Gasteiger partial charge in [0, 0.05) is 22.5 Å². The van der Waals surface area contributed by atoms with Crippen molar-refractivity contribution in [3.63, 3.8) is 0 Å². The lowest BCUT2D eigenvalue weighted by Gasteiger charge is -1.95. The van der Waals surface area contributed by atoms with Crippen LogP contribution in [0.5, 0.6) is 0 Å². The molecular weight excluding hydrogens is 198 g/mol. The molecule has 0 aliphatic heterocycles. The van der Waals surface area contributed by atoms with E-state index in [1.807, 2.05) is 24.4 Å². The molecule has 0 atom stereocenters. The van der Waals surface area contributed by atoms with Crippen molar-refractivity contribution in [2.45, 2.75) is 6.42 Å². The van der Waals surface area contributed by atoms with Gasteiger partial charge in [0.05, 0.1) is 24.2 Å². The molecule has 0 saturated carbocycles. The van der Waals surface area contributed by atoms with E-state index >= 15 is 0 Å². The number of hydrogen-bond acceptors (Lipinski definition) is 2. The number of hydrogen-bond donors (Lipinski definition) is 1. The molecule has 0 aliphatic rings. The quantitative estimate of drug-likeness (QED) is 0.667. The summed E-state index contributed by atoms with van der Waals surface area (Å²) in [5.74, 6) is 0. The number of aromatic nitrogens is 2. The maximum atomic E-state index is 8.69. The number of nitriles is 1. The largest absolute Gasteiger partial charge is 0.353 e. The van der Waals surface area contributed by atoms with E-state index in [-0.39, 0.29) is 0 Å². The maximum Gasteiger partial charge on any atom is 0.0669 e. The molecule has 0 amide bonds. The van der Waals surface area contributed by atoms with Gasteiger partial charge in [0.25, 0.3) is 0 Å². The smallest absolute Gasteiger partial charge is 0.0669 e. The van der Waals surface area contributed by atoms with E-state index in [2.05, 4.69) is 22.1 Å². The second kappa shape index (κ2) is 3.35. The highest BCUT2D eigenvalue weighted by atomic mass is 14.7. The van der Waals surface area contributed by atoms with Gasteiger partial charge in [-0.1, -0.05) is 6.07 Å². The van der Waals surface area contributed by atoms with Gasteiger partial charge in [0.2, 0.25) is 0 Å². The zero-order valence-corrected chi connectivity index (χ0v) is 8.57. The minimum Gasteiger partial charge on any atom is -0.353 e. The van der Waals surface area contributed by atoms with Crippen LogP contribution in [0.1, 0.15) is 5.56 Å². The summed E-state index contributed by atoms with van der Waals surface area (Å²) in [7, 11) is 0. The van der Waals surface area contributed by atoms with Crippen LogP contribution in [0.15, 0.2) is 36.7 Å². The fraction of sp³-hybridized carbons (Fsp3) is 0.0769. The summed E-state index contributed by atoms with van der Waals surface area (Å²) in [6, 6.07) is 10.2. The van der Waals surface area contributed by atoms with E-state index in [1.54, 1.807) is 6.20 Å². The average molecular weight is 207 g/mol. The first-order chi connectivity index (χ1) is 7.88.